The van der Waals surface area contributed by atoms with Crippen LogP contribution < -0.4 is 0 Å². The zero-order valence-corrected chi connectivity index (χ0v) is 6.14. The van der Waals surface area contributed by atoms with Gasteiger partial charge in [0.1, 0.15) is 5.75 Å². The van der Waals surface area contributed by atoms with Gasteiger partial charge in [0.25, 0.3) is 0 Å². The lowest BCUT2D eigenvalue weighted by molar-refractivity contribution is 0.112. The van der Waals surface area contributed by atoms with Gasteiger partial charge in [-0.05, 0) is 6.07 Å². The molecule has 2 rings (SSSR count). The minimum absolute atomic E-state index is 0.131. The number of hydrogen-bond donors (Lipinski definition) is 1. The van der Waals surface area contributed by atoms with E-state index in [-0.39, 0.29) is 5.75 Å². The zero-order chi connectivity index (χ0) is 8.55. The van der Waals surface area contributed by atoms with Gasteiger partial charge < -0.3 is 5.11 Å². The predicted molar refractivity (Wildman–Crippen MR) is 42.2 cm³/mol. The molecule has 0 bridgehead atoms. The third-order valence-electron chi connectivity index (χ3n) is 1.66. The van der Waals surface area contributed by atoms with Crippen LogP contribution in [0.25, 0.3) is 5.52 Å². The average Bonchev–Trinajstić information content (AvgIpc) is 2.46. The highest BCUT2D eigenvalue weighted by Gasteiger charge is 2.02. The van der Waals surface area contributed by atoms with Crippen molar-refractivity contribution in [1.29, 1.82) is 0 Å². The van der Waals surface area contributed by atoms with Crippen molar-refractivity contribution in [1.82, 2.24) is 9.61 Å². The fraction of sp³-hybridized carbons (Fsp3) is 0. The average molecular weight is 162 g/mol. The van der Waals surface area contributed by atoms with Crippen LogP contribution >= 0.6 is 0 Å². The quantitative estimate of drug-likeness (QED) is 0.632. The van der Waals surface area contributed by atoms with E-state index in [1.807, 2.05) is 0 Å². The zero-order valence-electron chi connectivity index (χ0n) is 6.14. The first kappa shape index (κ1) is 6.84. The molecular weight excluding hydrogens is 156 g/mol. The smallest absolute Gasteiger partial charge is 0.153 e. The van der Waals surface area contributed by atoms with Crippen LogP contribution in [0.4, 0.5) is 0 Å². The van der Waals surface area contributed by atoms with Gasteiger partial charge in [0.05, 0.1) is 17.3 Å². The monoisotopic (exact) mass is 162 g/mol. The van der Waals surface area contributed by atoms with E-state index in [2.05, 4.69) is 5.10 Å². The summed E-state index contributed by atoms with van der Waals surface area (Å²) in [7, 11) is 0. The Labute approximate surface area is 68.1 Å². The summed E-state index contributed by atoms with van der Waals surface area (Å²) >= 11 is 0. The van der Waals surface area contributed by atoms with Gasteiger partial charge in [-0.1, -0.05) is 0 Å². The highest BCUT2D eigenvalue weighted by atomic mass is 16.3. The summed E-state index contributed by atoms with van der Waals surface area (Å²) in [5, 5.41) is 13.0. The van der Waals surface area contributed by atoms with Gasteiger partial charge >= 0.3 is 0 Å². The summed E-state index contributed by atoms with van der Waals surface area (Å²) in [5.41, 5.74) is 1.09. The Hall–Kier alpha value is -1.84. The van der Waals surface area contributed by atoms with Gasteiger partial charge in [0.15, 0.2) is 6.29 Å². The molecule has 2 aromatic rings. The maximum absolute atomic E-state index is 10.5. The van der Waals surface area contributed by atoms with E-state index in [1.54, 1.807) is 6.20 Å². The Kier molecular flexibility index (Phi) is 1.33. The fourth-order valence-electron chi connectivity index (χ4n) is 1.08. The molecular formula is C8H6N2O2. The van der Waals surface area contributed by atoms with Gasteiger partial charge in [0, 0.05) is 12.3 Å². The second kappa shape index (κ2) is 2.34. The van der Waals surface area contributed by atoms with Crippen LogP contribution in [0.15, 0.2) is 24.5 Å². The van der Waals surface area contributed by atoms with E-state index in [9.17, 15) is 4.79 Å². The van der Waals surface area contributed by atoms with Crippen LogP contribution in [0.3, 0.4) is 0 Å². The van der Waals surface area contributed by atoms with Gasteiger partial charge in [-0.3, -0.25) is 4.79 Å². The third-order valence-corrected chi connectivity index (χ3v) is 1.66. The van der Waals surface area contributed by atoms with Gasteiger partial charge in [-0.15, -0.1) is 0 Å². The van der Waals surface area contributed by atoms with Crippen LogP contribution in [0.1, 0.15) is 10.4 Å². The summed E-state index contributed by atoms with van der Waals surface area (Å²) < 4.78 is 1.53. The van der Waals surface area contributed by atoms with E-state index in [0.29, 0.717) is 17.4 Å². The van der Waals surface area contributed by atoms with E-state index >= 15 is 0 Å². The Balaban J connectivity index is 2.83. The van der Waals surface area contributed by atoms with E-state index in [4.69, 9.17) is 5.11 Å². The van der Waals surface area contributed by atoms with Crippen LogP contribution in [0.5, 0.6) is 5.75 Å². The molecule has 4 nitrogen and oxygen atoms in total. The van der Waals surface area contributed by atoms with Crippen molar-refractivity contribution in [2.45, 2.75) is 0 Å². The Morgan fingerprint density at radius 1 is 1.58 bits per heavy atom. The summed E-state index contributed by atoms with van der Waals surface area (Å²) in [6, 6.07) is 3.01. The Morgan fingerprint density at radius 2 is 2.42 bits per heavy atom. The number of rotatable bonds is 1. The number of pyridine rings is 1. The van der Waals surface area contributed by atoms with Crippen molar-refractivity contribution in [3.8, 4) is 5.75 Å². The van der Waals surface area contributed by atoms with Gasteiger partial charge in [0.2, 0.25) is 0 Å². The van der Waals surface area contributed by atoms with E-state index in [0.717, 1.165) is 0 Å². The van der Waals surface area contributed by atoms with E-state index in [1.165, 1.54) is 22.8 Å². The molecule has 2 heterocycles. The molecule has 0 amide bonds. The Morgan fingerprint density at radius 3 is 3.17 bits per heavy atom. The molecule has 0 fully saturated rings. The molecule has 0 spiro atoms. The number of aromatic nitrogens is 2. The second-order valence-electron chi connectivity index (χ2n) is 2.43. The molecule has 0 aliphatic carbocycles. The molecule has 0 aliphatic rings. The van der Waals surface area contributed by atoms with E-state index < -0.39 is 0 Å². The summed E-state index contributed by atoms with van der Waals surface area (Å²) in [6.07, 6.45) is 3.77. The topological polar surface area (TPSA) is 54.6 Å². The van der Waals surface area contributed by atoms with Crippen molar-refractivity contribution in [2.24, 2.45) is 0 Å². The molecule has 0 radical (unpaired) electrons. The molecule has 1 N–H and O–H groups in total. The molecule has 0 unspecified atom stereocenters. The number of nitrogens with zero attached hydrogens (tertiary/aromatic N) is 2. The molecule has 0 atom stereocenters. The summed E-state index contributed by atoms with van der Waals surface area (Å²) in [5.74, 6) is 0.131. The number of carbonyl (C=O) groups is 1. The SMILES string of the molecule is O=Cc1cnn2ccc(O)cc12. The van der Waals surface area contributed by atoms with Crippen molar-refractivity contribution in [2.75, 3.05) is 0 Å². The van der Waals surface area contributed by atoms with Crippen molar-refractivity contribution >= 4 is 11.8 Å². The first-order valence-electron chi connectivity index (χ1n) is 3.43. The number of aldehydes is 1. The highest BCUT2D eigenvalue weighted by molar-refractivity contribution is 5.85. The maximum Gasteiger partial charge on any atom is 0.153 e. The minimum atomic E-state index is 0.131. The molecule has 60 valence electrons. The Bertz CT molecular complexity index is 434. The summed E-state index contributed by atoms with van der Waals surface area (Å²) in [4.78, 5) is 10.5. The minimum Gasteiger partial charge on any atom is -0.508 e. The lowest BCUT2D eigenvalue weighted by atomic mass is 10.3. The number of hydrogen-bond acceptors (Lipinski definition) is 3. The van der Waals surface area contributed by atoms with Crippen LogP contribution in [-0.2, 0) is 0 Å². The fourth-order valence-corrected chi connectivity index (χ4v) is 1.08. The van der Waals surface area contributed by atoms with Crippen LogP contribution in [0, 0.1) is 0 Å². The van der Waals surface area contributed by atoms with Crippen molar-refractivity contribution < 1.29 is 9.90 Å². The molecule has 12 heavy (non-hydrogen) atoms. The highest BCUT2D eigenvalue weighted by Crippen LogP contribution is 2.14. The van der Waals surface area contributed by atoms with Gasteiger partial charge in [-0.2, -0.15) is 5.10 Å². The van der Waals surface area contributed by atoms with Crippen LogP contribution in [0.2, 0.25) is 0 Å². The number of aromatic hydroxyl groups is 1. The number of carbonyl (C=O) groups excluding carboxylic acids is 1. The molecule has 0 saturated carbocycles. The first-order chi connectivity index (χ1) is 5.81. The molecule has 4 heteroatoms. The van der Waals surface area contributed by atoms with Crippen molar-refractivity contribution in [3.05, 3.63) is 30.1 Å². The molecule has 2 aromatic heterocycles. The summed E-state index contributed by atoms with van der Waals surface area (Å²) in [6.45, 7) is 0. The predicted octanol–water partition coefficient (Wildman–Crippen LogP) is 0.852. The molecule has 0 aromatic carbocycles. The normalized spacial score (nSPS) is 10.3. The number of fused-ring (bicyclic) bond motifs is 1. The third kappa shape index (κ3) is 0.852. The second-order valence-corrected chi connectivity index (χ2v) is 2.43. The largest absolute Gasteiger partial charge is 0.508 e. The first-order valence-corrected chi connectivity index (χ1v) is 3.43. The molecule has 0 saturated heterocycles. The van der Waals surface area contributed by atoms with Crippen LogP contribution in [-0.4, -0.2) is 21.0 Å². The van der Waals surface area contributed by atoms with Gasteiger partial charge in [-0.25, -0.2) is 4.52 Å². The lowest BCUT2D eigenvalue weighted by Crippen LogP contribution is -1.84. The standard InChI is InChI=1S/C8H6N2O2/c11-5-6-4-9-10-2-1-7(12)3-8(6)10/h1-5,12H. The maximum atomic E-state index is 10.5. The van der Waals surface area contributed by atoms with Crippen molar-refractivity contribution in [3.63, 3.8) is 0 Å². The lowest BCUT2D eigenvalue weighted by Gasteiger charge is -1.93. The molecule has 0 aliphatic heterocycles.